The van der Waals surface area contributed by atoms with E-state index in [-0.39, 0.29) is 0 Å². The van der Waals surface area contributed by atoms with Gasteiger partial charge in [-0.15, -0.1) is 0 Å². The summed E-state index contributed by atoms with van der Waals surface area (Å²) in [6, 6.07) is 6.67. The Hall–Kier alpha value is -1.24. The molecule has 0 aromatic heterocycles. The van der Waals surface area contributed by atoms with E-state index in [1.54, 1.807) is 12.7 Å². The van der Waals surface area contributed by atoms with Gasteiger partial charge in [0.05, 0.1) is 7.11 Å². The van der Waals surface area contributed by atoms with Gasteiger partial charge in [-0.3, -0.25) is 0 Å². The van der Waals surface area contributed by atoms with Gasteiger partial charge >= 0.3 is 0 Å². The smallest absolute Gasteiger partial charge is 0.119 e. The van der Waals surface area contributed by atoms with Crippen LogP contribution in [0.1, 0.15) is 50.2 Å². The molecule has 1 fully saturated rings. The van der Waals surface area contributed by atoms with Crippen molar-refractivity contribution in [2.24, 2.45) is 17.3 Å². The van der Waals surface area contributed by atoms with Gasteiger partial charge < -0.3 is 4.74 Å². The van der Waals surface area contributed by atoms with Gasteiger partial charge in [0.15, 0.2) is 0 Å². The summed E-state index contributed by atoms with van der Waals surface area (Å²) in [5.74, 6) is 2.75. The van der Waals surface area contributed by atoms with Crippen LogP contribution in [-0.4, -0.2) is 7.11 Å². The zero-order valence-corrected chi connectivity index (χ0v) is 12.6. The monoisotopic (exact) mass is 268 g/mol. The number of aryl methyl sites for hydroxylation is 1. The zero-order valence-electron chi connectivity index (χ0n) is 12.6. The Morgan fingerprint density at radius 3 is 3.00 bits per heavy atom. The van der Waals surface area contributed by atoms with Gasteiger partial charge in [0.1, 0.15) is 5.75 Å². The zero-order chi connectivity index (χ0) is 13.7. The maximum absolute atomic E-state index is 5.38. The lowest BCUT2D eigenvalue weighted by Crippen LogP contribution is -2.34. The molecule has 20 heavy (non-hydrogen) atoms. The summed E-state index contributed by atoms with van der Waals surface area (Å²) in [7, 11) is 1.76. The van der Waals surface area contributed by atoms with Crippen LogP contribution in [0.3, 0.4) is 0 Å². The fraction of sp³-hybridized carbons (Fsp3) is 0.579. The standard InChI is InChI=1S/C19H24O/c1-19-10-3-4-18(19)17-7-5-13-12-14(20-2)6-8-15(13)16(17)9-11-19/h6,8-9,12,17-18H,3-5,7,10-11H2,1-2H3/t17?,18-,19-/m1/s1. The molecule has 0 N–H and O–H groups in total. The molecule has 0 amide bonds. The Bertz CT molecular complexity index is 571. The topological polar surface area (TPSA) is 9.23 Å². The van der Waals surface area contributed by atoms with E-state index in [1.807, 2.05) is 0 Å². The first-order chi connectivity index (χ1) is 9.71. The molecule has 4 rings (SSSR count). The molecule has 106 valence electrons. The van der Waals surface area contributed by atoms with Gasteiger partial charge in [0, 0.05) is 0 Å². The molecule has 1 aromatic rings. The average molecular weight is 268 g/mol. The maximum atomic E-state index is 5.38. The predicted molar refractivity (Wildman–Crippen MR) is 82.8 cm³/mol. The summed E-state index contributed by atoms with van der Waals surface area (Å²) < 4.78 is 5.38. The molecular weight excluding hydrogens is 244 g/mol. The Balaban J connectivity index is 1.77. The molecular formula is C19H24O. The van der Waals surface area contributed by atoms with E-state index in [4.69, 9.17) is 4.74 Å². The van der Waals surface area contributed by atoms with Crippen molar-refractivity contribution in [2.45, 2.75) is 45.4 Å². The minimum Gasteiger partial charge on any atom is -0.497 e. The van der Waals surface area contributed by atoms with Gasteiger partial charge in [0.25, 0.3) is 0 Å². The van der Waals surface area contributed by atoms with Crippen LogP contribution >= 0.6 is 0 Å². The SMILES string of the molecule is COc1ccc2c(c1)CCC1C2=CC[C@@]2(C)CCC[C@H]12. The predicted octanol–water partition coefficient (Wildman–Crippen LogP) is 4.85. The fourth-order valence-corrected chi connectivity index (χ4v) is 5.07. The summed E-state index contributed by atoms with van der Waals surface area (Å²) in [4.78, 5) is 0. The van der Waals surface area contributed by atoms with Crippen LogP contribution in [-0.2, 0) is 6.42 Å². The number of fused-ring (bicyclic) bond motifs is 5. The van der Waals surface area contributed by atoms with Crippen molar-refractivity contribution in [3.63, 3.8) is 0 Å². The average Bonchev–Trinajstić information content (AvgIpc) is 2.88. The van der Waals surface area contributed by atoms with Crippen LogP contribution in [0.25, 0.3) is 5.57 Å². The van der Waals surface area contributed by atoms with Gasteiger partial charge in [-0.2, -0.15) is 0 Å². The molecule has 0 spiro atoms. The first kappa shape index (κ1) is 12.5. The Kier molecular flexibility index (Phi) is 2.73. The van der Waals surface area contributed by atoms with Crippen molar-refractivity contribution in [1.29, 1.82) is 0 Å². The molecule has 0 heterocycles. The molecule has 1 heteroatoms. The number of ether oxygens (including phenoxy) is 1. The van der Waals surface area contributed by atoms with Crippen LogP contribution in [0.2, 0.25) is 0 Å². The quantitative estimate of drug-likeness (QED) is 0.707. The second kappa shape index (κ2) is 4.38. The maximum Gasteiger partial charge on any atom is 0.119 e. The van der Waals surface area contributed by atoms with Gasteiger partial charge in [0.2, 0.25) is 0 Å². The number of rotatable bonds is 1. The summed E-state index contributed by atoms with van der Waals surface area (Å²) in [5.41, 5.74) is 5.25. The number of benzene rings is 1. The summed E-state index contributed by atoms with van der Waals surface area (Å²) in [6.45, 7) is 2.53. The summed E-state index contributed by atoms with van der Waals surface area (Å²) >= 11 is 0. The lowest BCUT2D eigenvalue weighted by molar-refractivity contribution is 0.168. The highest BCUT2D eigenvalue weighted by Gasteiger charge is 2.46. The largest absolute Gasteiger partial charge is 0.497 e. The summed E-state index contributed by atoms with van der Waals surface area (Å²) in [6.07, 6.45) is 10.7. The fourth-order valence-electron chi connectivity index (χ4n) is 5.07. The number of hydrogen-bond donors (Lipinski definition) is 0. The van der Waals surface area contributed by atoms with E-state index in [2.05, 4.69) is 31.2 Å². The van der Waals surface area contributed by atoms with Crippen molar-refractivity contribution in [1.82, 2.24) is 0 Å². The summed E-state index contributed by atoms with van der Waals surface area (Å²) in [5, 5.41) is 0. The third kappa shape index (κ3) is 1.68. The number of methoxy groups -OCH3 is 1. The molecule has 1 unspecified atom stereocenters. The minimum atomic E-state index is 0.595. The van der Waals surface area contributed by atoms with Crippen molar-refractivity contribution >= 4 is 5.57 Å². The molecule has 3 aliphatic rings. The molecule has 1 aromatic carbocycles. The van der Waals surface area contributed by atoms with Crippen molar-refractivity contribution in [3.8, 4) is 5.75 Å². The first-order valence-electron chi connectivity index (χ1n) is 8.09. The highest BCUT2D eigenvalue weighted by molar-refractivity contribution is 5.73. The van der Waals surface area contributed by atoms with E-state index in [0.717, 1.165) is 17.6 Å². The lowest BCUT2D eigenvalue weighted by Gasteiger charge is -2.44. The third-order valence-electron chi connectivity index (χ3n) is 6.18. The van der Waals surface area contributed by atoms with E-state index < -0.39 is 0 Å². The Morgan fingerprint density at radius 1 is 1.25 bits per heavy atom. The van der Waals surface area contributed by atoms with Gasteiger partial charge in [-0.05, 0) is 78.2 Å². The normalized spacial score (nSPS) is 34.8. The number of allylic oxidation sites excluding steroid dienone is 2. The van der Waals surface area contributed by atoms with Crippen LogP contribution in [0.5, 0.6) is 5.75 Å². The van der Waals surface area contributed by atoms with Crippen LogP contribution < -0.4 is 4.74 Å². The molecule has 1 saturated carbocycles. The third-order valence-corrected chi connectivity index (χ3v) is 6.18. The van der Waals surface area contributed by atoms with E-state index in [9.17, 15) is 0 Å². The molecule has 0 aliphatic heterocycles. The van der Waals surface area contributed by atoms with Crippen molar-refractivity contribution in [2.75, 3.05) is 7.11 Å². The Morgan fingerprint density at radius 2 is 2.15 bits per heavy atom. The highest BCUT2D eigenvalue weighted by atomic mass is 16.5. The molecule has 0 radical (unpaired) electrons. The van der Waals surface area contributed by atoms with E-state index in [1.165, 1.54) is 49.7 Å². The minimum absolute atomic E-state index is 0.595. The lowest BCUT2D eigenvalue weighted by atomic mass is 9.60. The van der Waals surface area contributed by atoms with Crippen LogP contribution in [0.15, 0.2) is 24.3 Å². The molecule has 0 saturated heterocycles. The van der Waals surface area contributed by atoms with Crippen LogP contribution in [0.4, 0.5) is 0 Å². The molecule has 3 atom stereocenters. The van der Waals surface area contributed by atoms with E-state index in [0.29, 0.717) is 5.41 Å². The van der Waals surface area contributed by atoms with Crippen molar-refractivity contribution in [3.05, 3.63) is 35.4 Å². The van der Waals surface area contributed by atoms with Crippen molar-refractivity contribution < 1.29 is 4.74 Å². The molecule has 0 bridgehead atoms. The first-order valence-corrected chi connectivity index (χ1v) is 8.09. The van der Waals surface area contributed by atoms with Crippen LogP contribution in [0, 0.1) is 17.3 Å². The second-order valence-corrected chi connectivity index (χ2v) is 7.18. The second-order valence-electron chi connectivity index (χ2n) is 7.18. The molecule has 3 aliphatic carbocycles. The van der Waals surface area contributed by atoms with Gasteiger partial charge in [-0.1, -0.05) is 25.5 Å². The van der Waals surface area contributed by atoms with Gasteiger partial charge in [-0.25, -0.2) is 0 Å². The number of hydrogen-bond acceptors (Lipinski definition) is 1. The molecule has 1 nitrogen and oxygen atoms in total. The highest BCUT2D eigenvalue weighted by Crippen LogP contribution is 2.58. The Labute approximate surface area is 122 Å². The van der Waals surface area contributed by atoms with E-state index >= 15 is 0 Å².